The van der Waals surface area contributed by atoms with Gasteiger partial charge in [0.2, 0.25) is 0 Å². The Hall–Kier alpha value is -2.09. The lowest BCUT2D eigenvalue weighted by Crippen LogP contribution is -2.41. The fraction of sp³-hybridized carbons (Fsp3) is 0.438. The quantitative estimate of drug-likeness (QED) is 0.685. The molecule has 0 bridgehead atoms. The number of carbonyl (C=O) groups is 3. The molecule has 0 radical (unpaired) electrons. The summed E-state index contributed by atoms with van der Waals surface area (Å²) < 4.78 is 10.5. The molecule has 1 aromatic carbocycles. The zero-order chi connectivity index (χ0) is 18.1. The van der Waals surface area contributed by atoms with Gasteiger partial charge in [-0.15, -0.1) is 0 Å². The number of amides is 3. The third kappa shape index (κ3) is 6.99. The van der Waals surface area contributed by atoms with E-state index in [9.17, 15) is 14.4 Å². The topological polar surface area (TPSA) is 93.7 Å². The van der Waals surface area contributed by atoms with E-state index in [0.717, 1.165) is 6.42 Å². The minimum atomic E-state index is -0.696. The van der Waals surface area contributed by atoms with Gasteiger partial charge in [-0.1, -0.05) is 13.8 Å². The second-order valence-corrected chi connectivity index (χ2v) is 6.27. The van der Waals surface area contributed by atoms with Gasteiger partial charge >= 0.3 is 12.0 Å². The molecule has 2 N–H and O–H groups in total. The number of hydrogen-bond donors (Lipinski definition) is 2. The normalized spacial score (nSPS) is 10.2. The number of halogens is 1. The van der Waals surface area contributed by atoms with Crippen LogP contribution in [0.5, 0.6) is 5.75 Å². The van der Waals surface area contributed by atoms with Crippen LogP contribution in [0, 0.1) is 5.92 Å². The molecular formula is C16H21BrN2O5. The SMILES string of the molecule is COc1ccc(C(=O)OCC(=O)NC(=O)NCCC(C)C)cc1Br. The zero-order valence-electron chi connectivity index (χ0n) is 13.8. The summed E-state index contributed by atoms with van der Waals surface area (Å²) >= 11 is 3.26. The maximum absolute atomic E-state index is 11.9. The summed E-state index contributed by atoms with van der Waals surface area (Å²) in [5.74, 6) is -0.347. The van der Waals surface area contributed by atoms with Gasteiger partial charge in [0.1, 0.15) is 5.75 Å². The van der Waals surface area contributed by atoms with Gasteiger partial charge in [0, 0.05) is 6.54 Å². The van der Waals surface area contributed by atoms with E-state index in [0.29, 0.717) is 22.7 Å². The largest absolute Gasteiger partial charge is 0.496 e. The van der Waals surface area contributed by atoms with Crippen LogP contribution in [0.2, 0.25) is 0 Å². The van der Waals surface area contributed by atoms with Crippen LogP contribution in [0.1, 0.15) is 30.6 Å². The molecule has 0 spiro atoms. The van der Waals surface area contributed by atoms with Crippen molar-refractivity contribution < 1.29 is 23.9 Å². The molecule has 0 aliphatic carbocycles. The van der Waals surface area contributed by atoms with Crippen molar-refractivity contribution in [2.24, 2.45) is 5.92 Å². The van der Waals surface area contributed by atoms with E-state index in [2.05, 4.69) is 26.6 Å². The van der Waals surface area contributed by atoms with Crippen LogP contribution in [0.4, 0.5) is 4.79 Å². The Morgan fingerprint density at radius 3 is 2.54 bits per heavy atom. The molecule has 0 saturated heterocycles. The van der Waals surface area contributed by atoms with Gasteiger partial charge in [-0.05, 0) is 46.5 Å². The van der Waals surface area contributed by atoms with Gasteiger partial charge < -0.3 is 14.8 Å². The van der Waals surface area contributed by atoms with Crippen LogP contribution in [-0.2, 0) is 9.53 Å². The molecule has 132 valence electrons. The van der Waals surface area contributed by atoms with Gasteiger partial charge in [0.25, 0.3) is 5.91 Å². The van der Waals surface area contributed by atoms with E-state index >= 15 is 0 Å². The number of ether oxygens (including phenoxy) is 2. The summed E-state index contributed by atoms with van der Waals surface area (Å²) in [6.07, 6.45) is 0.808. The summed E-state index contributed by atoms with van der Waals surface area (Å²) in [5.41, 5.74) is 0.261. The second kappa shape index (κ2) is 9.92. The van der Waals surface area contributed by atoms with Crippen LogP contribution < -0.4 is 15.4 Å². The molecular weight excluding hydrogens is 380 g/mol. The maximum atomic E-state index is 11.9. The first-order valence-electron chi connectivity index (χ1n) is 7.41. The number of urea groups is 1. The minimum absolute atomic E-state index is 0.261. The van der Waals surface area contributed by atoms with E-state index in [4.69, 9.17) is 9.47 Å². The molecule has 0 aromatic heterocycles. The summed E-state index contributed by atoms with van der Waals surface area (Å²) in [4.78, 5) is 34.9. The van der Waals surface area contributed by atoms with Gasteiger partial charge in [-0.25, -0.2) is 9.59 Å². The Morgan fingerprint density at radius 1 is 1.25 bits per heavy atom. The summed E-state index contributed by atoms with van der Waals surface area (Å²) in [6, 6.07) is 4.03. The summed E-state index contributed by atoms with van der Waals surface area (Å²) in [6.45, 7) is 3.99. The Bertz CT molecular complexity index is 604. The number of benzene rings is 1. The van der Waals surface area contributed by atoms with E-state index in [-0.39, 0.29) is 5.56 Å². The molecule has 24 heavy (non-hydrogen) atoms. The fourth-order valence-corrected chi connectivity index (χ4v) is 2.23. The van der Waals surface area contributed by atoms with Gasteiger partial charge in [-0.2, -0.15) is 0 Å². The van der Waals surface area contributed by atoms with Crippen molar-refractivity contribution in [1.82, 2.24) is 10.6 Å². The number of methoxy groups -OCH3 is 1. The molecule has 1 rings (SSSR count). The van der Waals surface area contributed by atoms with Crippen LogP contribution in [0.25, 0.3) is 0 Å². The first-order chi connectivity index (χ1) is 11.3. The molecule has 0 aliphatic heterocycles. The van der Waals surface area contributed by atoms with Gasteiger partial charge in [-0.3, -0.25) is 10.1 Å². The minimum Gasteiger partial charge on any atom is -0.496 e. The molecule has 0 atom stereocenters. The molecule has 8 heteroatoms. The Labute approximate surface area is 149 Å². The van der Waals surface area contributed by atoms with Crippen molar-refractivity contribution in [3.05, 3.63) is 28.2 Å². The Balaban J connectivity index is 2.39. The van der Waals surface area contributed by atoms with Gasteiger partial charge in [0.05, 0.1) is 17.1 Å². The lowest BCUT2D eigenvalue weighted by Gasteiger charge is -2.09. The second-order valence-electron chi connectivity index (χ2n) is 5.41. The predicted molar refractivity (Wildman–Crippen MR) is 92.0 cm³/mol. The third-order valence-corrected chi connectivity index (χ3v) is 3.60. The smallest absolute Gasteiger partial charge is 0.338 e. The fourth-order valence-electron chi connectivity index (χ4n) is 1.69. The lowest BCUT2D eigenvalue weighted by molar-refractivity contribution is -0.123. The average molecular weight is 401 g/mol. The Kier molecular flexibility index (Phi) is 8.25. The number of esters is 1. The van der Waals surface area contributed by atoms with Crippen molar-refractivity contribution in [3.8, 4) is 5.75 Å². The number of nitrogens with one attached hydrogen (secondary N) is 2. The first-order valence-corrected chi connectivity index (χ1v) is 8.21. The van der Waals surface area contributed by atoms with E-state index in [1.165, 1.54) is 19.2 Å². The molecule has 1 aromatic rings. The Morgan fingerprint density at radius 2 is 1.96 bits per heavy atom. The molecule has 3 amide bonds. The molecule has 0 unspecified atom stereocenters. The molecule has 7 nitrogen and oxygen atoms in total. The highest BCUT2D eigenvalue weighted by Gasteiger charge is 2.14. The number of carbonyl (C=O) groups excluding carboxylic acids is 3. The van der Waals surface area contributed by atoms with Crippen LogP contribution in [0.15, 0.2) is 22.7 Å². The van der Waals surface area contributed by atoms with Crippen molar-refractivity contribution in [1.29, 1.82) is 0 Å². The molecule has 0 fully saturated rings. The lowest BCUT2D eigenvalue weighted by atomic mass is 10.1. The van der Waals surface area contributed by atoms with Crippen molar-refractivity contribution in [3.63, 3.8) is 0 Å². The monoisotopic (exact) mass is 400 g/mol. The van der Waals surface area contributed by atoms with E-state index in [1.54, 1.807) is 6.07 Å². The van der Waals surface area contributed by atoms with E-state index in [1.807, 2.05) is 13.8 Å². The summed E-state index contributed by atoms with van der Waals surface area (Å²) in [5, 5.41) is 4.65. The molecule has 0 saturated carbocycles. The number of hydrogen-bond acceptors (Lipinski definition) is 5. The van der Waals surface area contributed by atoms with Crippen molar-refractivity contribution in [2.75, 3.05) is 20.3 Å². The molecule has 0 heterocycles. The standard InChI is InChI=1S/C16H21BrN2O5/c1-10(2)6-7-18-16(22)19-14(20)9-24-15(21)11-4-5-13(23-3)12(17)8-11/h4-5,8,10H,6-7,9H2,1-3H3,(H2,18,19,20,22). The zero-order valence-corrected chi connectivity index (χ0v) is 15.4. The number of rotatable bonds is 7. The average Bonchev–Trinajstić information content (AvgIpc) is 2.52. The van der Waals surface area contributed by atoms with Crippen molar-refractivity contribution >= 4 is 33.8 Å². The van der Waals surface area contributed by atoms with E-state index < -0.39 is 24.5 Å². The van der Waals surface area contributed by atoms with Crippen molar-refractivity contribution in [2.45, 2.75) is 20.3 Å². The summed E-state index contributed by atoms with van der Waals surface area (Å²) in [7, 11) is 1.51. The highest BCUT2D eigenvalue weighted by molar-refractivity contribution is 9.10. The van der Waals surface area contributed by atoms with Gasteiger partial charge in [0.15, 0.2) is 6.61 Å². The number of imide groups is 1. The van der Waals surface area contributed by atoms with Crippen LogP contribution in [-0.4, -0.2) is 38.2 Å². The highest BCUT2D eigenvalue weighted by Crippen LogP contribution is 2.25. The first kappa shape index (κ1) is 20.0. The third-order valence-electron chi connectivity index (χ3n) is 2.98. The molecule has 0 aliphatic rings. The maximum Gasteiger partial charge on any atom is 0.338 e. The van der Waals surface area contributed by atoms with Crippen LogP contribution in [0.3, 0.4) is 0 Å². The van der Waals surface area contributed by atoms with Crippen LogP contribution >= 0.6 is 15.9 Å². The predicted octanol–water partition coefficient (Wildman–Crippen LogP) is 2.49. The highest BCUT2D eigenvalue weighted by atomic mass is 79.9.